The summed E-state index contributed by atoms with van der Waals surface area (Å²) in [6.45, 7) is 5.46. The Balaban J connectivity index is 2.02. The molecular weight excluding hydrogens is 400 g/mol. The lowest BCUT2D eigenvalue weighted by Gasteiger charge is -2.19. The zero-order chi connectivity index (χ0) is 20.7. The van der Waals surface area contributed by atoms with E-state index in [4.69, 9.17) is 4.74 Å². The molecule has 28 heavy (non-hydrogen) atoms. The summed E-state index contributed by atoms with van der Waals surface area (Å²) in [6, 6.07) is 10.6. The molecule has 0 radical (unpaired) electrons. The predicted molar refractivity (Wildman–Crippen MR) is 110 cm³/mol. The lowest BCUT2D eigenvalue weighted by molar-refractivity contribution is 0.0537. The fraction of sp³-hybridized carbons (Fsp3) is 0.368. The molecule has 2 aromatic heterocycles. The van der Waals surface area contributed by atoms with Gasteiger partial charge in [-0.2, -0.15) is 4.57 Å². The lowest BCUT2D eigenvalue weighted by atomic mass is 10.2. The van der Waals surface area contributed by atoms with Gasteiger partial charge in [0.05, 0.1) is 23.3 Å². The van der Waals surface area contributed by atoms with Gasteiger partial charge in [0.1, 0.15) is 5.60 Å². The Morgan fingerprint density at radius 3 is 2.29 bits per heavy atom. The Hall–Kier alpha value is -2.39. The number of fused-ring (bicyclic) bond motifs is 1. The van der Waals surface area contributed by atoms with Crippen LogP contribution >= 0.6 is 11.3 Å². The summed E-state index contributed by atoms with van der Waals surface area (Å²) in [5.41, 5.74) is -0.145. The van der Waals surface area contributed by atoms with Crippen LogP contribution in [-0.2, 0) is 26.9 Å². The van der Waals surface area contributed by atoms with Crippen molar-refractivity contribution in [3.63, 3.8) is 0 Å². The third-order valence-electron chi connectivity index (χ3n) is 3.85. The summed E-state index contributed by atoms with van der Waals surface area (Å²) < 4.78 is 30.9. The second kappa shape index (κ2) is 7.21. The largest absolute Gasteiger partial charge is 0.443 e. The molecule has 0 saturated carbocycles. The van der Waals surface area contributed by atoms with Crippen molar-refractivity contribution in [2.45, 2.75) is 38.7 Å². The summed E-state index contributed by atoms with van der Waals surface area (Å²) in [7, 11) is -3.13. The number of hydrogen-bond acceptors (Lipinski definition) is 6. The van der Waals surface area contributed by atoms with E-state index in [0.29, 0.717) is 15.9 Å². The van der Waals surface area contributed by atoms with E-state index in [0.717, 1.165) is 9.44 Å². The fourth-order valence-electron chi connectivity index (χ4n) is 2.84. The highest BCUT2D eigenvalue weighted by atomic mass is 32.2. The van der Waals surface area contributed by atoms with E-state index >= 15 is 0 Å². The zero-order valence-corrected chi connectivity index (χ0v) is 17.8. The molecule has 7 nitrogen and oxygen atoms in total. The Morgan fingerprint density at radius 2 is 1.68 bits per heavy atom. The maximum absolute atomic E-state index is 13.0. The molecule has 0 bridgehead atoms. The van der Waals surface area contributed by atoms with Crippen LogP contribution in [0, 0.1) is 0 Å². The van der Waals surface area contributed by atoms with Gasteiger partial charge in [0, 0.05) is 16.0 Å². The summed E-state index contributed by atoms with van der Waals surface area (Å²) in [4.78, 5) is 27.1. The van der Waals surface area contributed by atoms with Gasteiger partial charge >= 0.3 is 11.8 Å². The van der Waals surface area contributed by atoms with Crippen LogP contribution in [0.3, 0.4) is 0 Å². The van der Waals surface area contributed by atoms with E-state index in [1.165, 1.54) is 22.2 Å². The topological polar surface area (TPSA) is 87.4 Å². The number of para-hydroxylation sites is 2. The highest BCUT2D eigenvalue weighted by Gasteiger charge is 2.24. The maximum atomic E-state index is 13.0. The fourth-order valence-corrected chi connectivity index (χ4v) is 5.14. The molecule has 0 unspecified atom stereocenters. The summed E-state index contributed by atoms with van der Waals surface area (Å²) in [5, 5.41) is 0. The quantitative estimate of drug-likeness (QED) is 0.644. The Labute approximate surface area is 167 Å². The van der Waals surface area contributed by atoms with Gasteiger partial charge in [0.25, 0.3) is 0 Å². The molecule has 0 fully saturated rings. The first-order valence-electron chi connectivity index (χ1n) is 8.63. The summed E-state index contributed by atoms with van der Waals surface area (Å²) in [5.74, 6) is -0.0355. The summed E-state index contributed by atoms with van der Waals surface area (Å²) in [6.07, 6.45) is 0.460. The van der Waals surface area contributed by atoms with Crippen molar-refractivity contribution in [3.8, 4) is 0 Å². The molecule has 0 aliphatic carbocycles. The standard InChI is InChI=1S/C19H22N2O5S2/c1-19(2,3)26-18(23)21-16-8-6-5-7-15(16)20(17(21)22)11-13-9-10-14(27-13)12-28(4,24)25/h5-10H,11-12H2,1-4H3. The highest BCUT2D eigenvalue weighted by molar-refractivity contribution is 7.90. The lowest BCUT2D eigenvalue weighted by Crippen LogP contribution is -2.34. The number of thiophene rings is 1. The monoisotopic (exact) mass is 422 g/mol. The van der Waals surface area contributed by atoms with Crippen molar-refractivity contribution >= 4 is 38.3 Å². The van der Waals surface area contributed by atoms with Gasteiger partial charge in [-0.05, 0) is 45.0 Å². The molecule has 1 aromatic carbocycles. The second-order valence-corrected chi connectivity index (χ2v) is 11.0. The molecule has 0 N–H and O–H groups in total. The Bertz CT molecular complexity index is 1190. The van der Waals surface area contributed by atoms with Gasteiger partial charge in [0.15, 0.2) is 9.84 Å². The van der Waals surface area contributed by atoms with Gasteiger partial charge < -0.3 is 4.74 Å². The van der Waals surface area contributed by atoms with Gasteiger partial charge in [0.2, 0.25) is 0 Å². The minimum absolute atomic E-state index is 0.0355. The number of sulfone groups is 1. The van der Waals surface area contributed by atoms with Crippen LogP contribution in [0.5, 0.6) is 0 Å². The minimum atomic E-state index is -3.13. The van der Waals surface area contributed by atoms with E-state index in [-0.39, 0.29) is 12.3 Å². The number of imidazole rings is 1. The van der Waals surface area contributed by atoms with Crippen LogP contribution in [-0.4, -0.2) is 35.5 Å². The van der Waals surface area contributed by atoms with Gasteiger partial charge in [-0.15, -0.1) is 11.3 Å². The maximum Gasteiger partial charge on any atom is 0.423 e. The molecule has 0 saturated heterocycles. The van der Waals surface area contributed by atoms with Crippen molar-refractivity contribution in [2.75, 3.05) is 6.26 Å². The molecule has 0 aliphatic rings. The molecule has 0 spiro atoms. The molecule has 3 rings (SSSR count). The molecule has 9 heteroatoms. The van der Waals surface area contributed by atoms with Crippen LogP contribution in [0.2, 0.25) is 0 Å². The van der Waals surface area contributed by atoms with Crippen LogP contribution < -0.4 is 5.69 Å². The van der Waals surface area contributed by atoms with Crippen molar-refractivity contribution in [2.24, 2.45) is 0 Å². The Morgan fingerprint density at radius 1 is 1.07 bits per heavy atom. The zero-order valence-electron chi connectivity index (χ0n) is 16.1. The average molecular weight is 423 g/mol. The number of hydrogen-bond donors (Lipinski definition) is 0. The SMILES string of the molecule is CC(C)(C)OC(=O)n1c(=O)n(Cc2ccc(CS(C)(=O)=O)s2)c2ccccc21. The normalized spacial score (nSPS) is 12.4. The third kappa shape index (κ3) is 4.53. The number of nitrogens with zero attached hydrogens (tertiary/aromatic N) is 2. The molecule has 150 valence electrons. The van der Waals surface area contributed by atoms with E-state index in [1.54, 1.807) is 57.2 Å². The highest BCUT2D eigenvalue weighted by Crippen LogP contribution is 2.22. The number of ether oxygens (including phenoxy) is 1. The van der Waals surface area contributed by atoms with Crippen LogP contribution in [0.4, 0.5) is 4.79 Å². The number of benzene rings is 1. The number of carbonyl (C=O) groups excluding carboxylic acids is 1. The number of carbonyl (C=O) groups is 1. The van der Waals surface area contributed by atoms with E-state index < -0.39 is 27.2 Å². The van der Waals surface area contributed by atoms with Crippen molar-refractivity contribution < 1.29 is 17.9 Å². The van der Waals surface area contributed by atoms with Crippen molar-refractivity contribution in [3.05, 3.63) is 56.6 Å². The van der Waals surface area contributed by atoms with Crippen LogP contribution in [0.15, 0.2) is 41.2 Å². The third-order valence-corrected chi connectivity index (χ3v) is 5.94. The molecule has 0 amide bonds. The first kappa shape index (κ1) is 20.3. The van der Waals surface area contributed by atoms with E-state index in [1.807, 2.05) is 0 Å². The van der Waals surface area contributed by atoms with Crippen molar-refractivity contribution in [1.29, 1.82) is 0 Å². The van der Waals surface area contributed by atoms with Gasteiger partial charge in [-0.3, -0.25) is 4.57 Å². The smallest absolute Gasteiger partial charge is 0.423 e. The van der Waals surface area contributed by atoms with Crippen molar-refractivity contribution in [1.82, 2.24) is 9.13 Å². The van der Waals surface area contributed by atoms with Crippen LogP contribution in [0.25, 0.3) is 11.0 Å². The van der Waals surface area contributed by atoms with E-state index in [9.17, 15) is 18.0 Å². The molecule has 0 atom stereocenters. The molecule has 3 aromatic rings. The molecular formula is C19H22N2O5S2. The number of rotatable bonds is 4. The van der Waals surface area contributed by atoms with E-state index in [2.05, 4.69) is 0 Å². The van der Waals surface area contributed by atoms with Crippen LogP contribution in [0.1, 0.15) is 30.5 Å². The minimum Gasteiger partial charge on any atom is -0.443 e. The number of aromatic nitrogens is 2. The van der Waals surface area contributed by atoms with Gasteiger partial charge in [-0.25, -0.2) is 18.0 Å². The first-order chi connectivity index (χ1) is 12.9. The Kier molecular flexibility index (Phi) is 5.24. The van der Waals surface area contributed by atoms with Gasteiger partial charge in [-0.1, -0.05) is 12.1 Å². The molecule has 0 aliphatic heterocycles. The predicted octanol–water partition coefficient (Wildman–Crippen LogP) is 3.24. The molecule has 2 heterocycles. The average Bonchev–Trinajstić information content (AvgIpc) is 3.07. The summed E-state index contributed by atoms with van der Waals surface area (Å²) >= 11 is 1.34. The first-order valence-corrected chi connectivity index (χ1v) is 11.5. The second-order valence-electron chi connectivity index (χ2n) is 7.61.